The largest absolute Gasteiger partial charge is 0.416 e. The van der Waals surface area contributed by atoms with Crippen LogP contribution in [0.1, 0.15) is 29.9 Å². The number of alkyl halides is 6. The van der Waals surface area contributed by atoms with E-state index in [2.05, 4.69) is 4.99 Å². The van der Waals surface area contributed by atoms with Crippen LogP contribution in [0.5, 0.6) is 0 Å². The Morgan fingerprint density at radius 3 is 2.19 bits per heavy atom. The molecule has 2 aliphatic heterocycles. The molecule has 0 atom stereocenters. The number of benzene rings is 1. The van der Waals surface area contributed by atoms with Crippen molar-refractivity contribution in [3.63, 3.8) is 0 Å². The minimum atomic E-state index is -4.53. The Morgan fingerprint density at radius 2 is 1.63 bits per heavy atom. The Hall–Kier alpha value is -2.32. The molecule has 0 unspecified atom stereocenters. The fourth-order valence-electron chi connectivity index (χ4n) is 3.39. The molecular formula is C18H16F6N2O. The smallest absolute Gasteiger partial charge is 0.337 e. The van der Waals surface area contributed by atoms with E-state index >= 15 is 0 Å². The normalized spacial score (nSPS) is 19.1. The fourth-order valence-corrected chi connectivity index (χ4v) is 3.39. The van der Waals surface area contributed by atoms with Crippen molar-refractivity contribution in [2.45, 2.75) is 31.1 Å². The summed E-state index contributed by atoms with van der Waals surface area (Å²) in [5.41, 5.74) is -1.63. The lowest BCUT2D eigenvalue weighted by molar-refractivity contribution is -0.138. The molecule has 0 N–H and O–H groups in total. The van der Waals surface area contributed by atoms with Crippen LogP contribution in [-0.4, -0.2) is 42.3 Å². The zero-order chi connectivity index (χ0) is 19.8. The van der Waals surface area contributed by atoms with Crippen LogP contribution in [0.3, 0.4) is 0 Å². The first kappa shape index (κ1) is 19.4. The highest BCUT2D eigenvalue weighted by Gasteiger charge is 2.38. The first-order chi connectivity index (χ1) is 12.6. The highest BCUT2D eigenvalue weighted by molar-refractivity contribution is 6.44. The van der Waals surface area contributed by atoms with Gasteiger partial charge in [-0.2, -0.15) is 26.3 Å². The van der Waals surface area contributed by atoms with Gasteiger partial charge in [0, 0.05) is 13.1 Å². The number of piperidine rings is 1. The lowest BCUT2D eigenvalue weighted by Gasteiger charge is -2.33. The van der Waals surface area contributed by atoms with Gasteiger partial charge in [-0.15, -0.1) is 0 Å². The second kappa shape index (κ2) is 7.01. The Kier molecular flexibility index (Phi) is 5.05. The first-order valence-corrected chi connectivity index (χ1v) is 8.35. The highest BCUT2D eigenvalue weighted by atomic mass is 19.4. The van der Waals surface area contributed by atoms with Crippen LogP contribution < -0.4 is 0 Å². The lowest BCUT2D eigenvalue weighted by atomic mass is 9.86. The molecule has 9 heteroatoms. The van der Waals surface area contributed by atoms with E-state index in [-0.39, 0.29) is 30.3 Å². The predicted octanol–water partition coefficient (Wildman–Crippen LogP) is 4.35. The molecule has 27 heavy (non-hydrogen) atoms. The molecule has 2 aliphatic rings. The number of carbonyl (C=O) groups is 1. The molecule has 1 fully saturated rings. The van der Waals surface area contributed by atoms with E-state index in [1.54, 1.807) is 6.07 Å². The van der Waals surface area contributed by atoms with Gasteiger partial charge in [0.15, 0.2) is 0 Å². The van der Waals surface area contributed by atoms with Crippen molar-refractivity contribution in [1.29, 1.82) is 0 Å². The minimum absolute atomic E-state index is 0.171. The van der Waals surface area contributed by atoms with Crippen LogP contribution in [0.4, 0.5) is 26.3 Å². The van der Waals surface area contributed by atoms with Crippen LogP contribution in [-0.2, 0) is 11.0 Å². The van der Waals surface area contributed by atoms with Crippen molar-refractivity contribution in [1.82, 2.24) is 4.90 Å². The minimum Gasteiger partial charge on any atom is -0.337 e. The van der Waals surface area contributed by atoms with Crippen LogP contribution >= 0.6 is 0 Å². The predicted molar refractivity (Wildman–Crippen MR) is 86.4 cm³/mol. The van der Waals surface area contributed by atoms with E-state index < -0.39 is 35.9 Å². The van der Waals surface area contributed by atoms with E-state index in [0.29, 0.717) is 12.8 Å². The van der Waals surface area contributed by atoms with Gasteiger partial charge in [-0.3, -0.25) is 9.79 Å². The standard InChI is InChI=1S/C18H16F6N2O/c19-17(20,21)12-9-15(25-10-12)16(27)26-7-5-11(6-8-26)13-3-1-2-4-14(13)18(22,23)24/h1-4,9,11H,5-8,10H2. The third kappa shape index (κ3) is 4.17. The number of carbonyl (C=O) groups excluding carboxylic acids is 1. The average molecular weight is 390 g/mol. The molecule has 0 bridgehead atoms. The van der Waals surface area contributed by atoms with Gasteiger partial charge in [0.25, 0.3) is 5.91 Å². The van der Waals surface area contributed by atoms with Crippen molar-refractivity contribution >= 4 is 11.6 Å². The quantitative estimate of drug-likeness (QED) is 0.691. The number of hydrogen-bond donors (Lipinski definition) is 0. The van der Waals surface area contributed by atoms with Gasteiger partial charge >= 0.3 is 12.4 Å². The summed E-state index contributed by atoms with van der Waals surface area (Å²) in [6.07, 6.45) is -7.63. The summed E-state index contributed by atoms with van der Waals surface area (Å²) >= 11 is 0. The molecule has 3 nitrogen and oxygen atoms in total. The highest BCUT2D eigenvalue weighted by Crippen LogP contribution is 2.38. The van der Waals surface area contributed by atoms with Crippen molar-refractivity contribution in [2.75, 3.05) is 19.6 Å². The number of aliphatic imine (C=N–C) groups is 1. The number of hydrogen-bond acceptors (Lipinski definition) is 2. The molecule has 0 saturated carbocycles. The maximum Gasteiger partial charge on any atom is 0.416 e. The topological polar surface area (TPSA) is 32.7 Å². The molecule has 1 aromatic carbocycles. The number of rotatable bonds is 2. The monoisotopic (exact) mass is 390 g/mol. The van der Waals surface area contributed by atoms with Crippen molar-refractivity contribution in [2.24, 2.45) is 4.99 Å². The molecule has 0 aliphatic carbocycles. The molecule has 1 saturated heterocycles. The summed E-state index contributed by atoms with van der Waals surface area (Å²) in [7, 11) is 0. The van der Waals surface area contributed by atoms with Gasteiger partial charge in [0.2, 0.25) is 0 Å². The van der Waals surface area contributed by atoms with Gasteiger partial charge in [-0.1, -0.05) is 18.2 Å². The summed E-state index contributed by atoms with van der Waals surface area (Å²) in [5.74, 6) is -0.976. The van der Waals surface area contributed by atoms with E-state index in [1.165, 1.54) is 17.0 Å². The Labute approximate surface area is 151 Å². The number of amides is 1. The molecule has 0 spiro atoms. The van der Waals surface area contributed by atoms with Gasteiger partial charge in [-0.25, -0.2) is 0 Å². The summed E-state index contributed by atoms with van der Waals surface area (Å²) < 4.78 is 77.5. The van der Waals surface area contributed by atoms with E-state index in [4.69, 9.17) is 0 Å². The maximum atomic E-state index is 13.2. The van der Waals surface area contributed by atoms with Crippen LogP contribution in [0.2, 0.25) is 0 Å². The maximum absolute atomic E-state index is 13.2. The second-order valence-electron chi connectivity index (χ2n) is 6.52. The number of likely N-dealkylation sites (tertiary alicyclic amines) is 1. The average Bonchev–Trinajstić information content (AvgIpc) is 3.11. The Balaban J connectivity index is 1.67. The van der Waals surface area contributed by atoms with E-state index in [0.717, 1.165) is 12.1 Å². The van der Waals surface area contributed by atoms with Gasteiger partial charge in [0.1, 0.15) is 5.71 Å². The second-order valence-corrected chi connectivity index (χ2v) is 6.52. The van der Waals surface area contributed by atoms with Gasteiger partial charge in [-0.05, 0) is 36.5 Å². The molecule has 3 rings (SSSR count). The van der Waals surface area contributed by atoms with Crippen LogP contribution in [0.25, 0.3) is 0 Å². The Morgan fingerprint density at radius 1 is 1.00 bits per heavy atom. The molecule has 1 amide bonds. The van der Waals surface area contributed by atoms with Crippen molar-refractivity contribution < 1.29 is 31.1 Å². The molecule has 1 aromatic rings. The summed E-state index contributed by atoms with van der Waals surface area (Å²) in [5, 5.41) is 0. The van der Waals surface area contributed by atoms with Gasteiger partial charge < -0.3 is 4.90 Å². The summed E-state index contributed by atoms with van der Waals surface area (Å²) in [6.45, 7) is -0.242. The molecule has 0 radical (unpaired) electrons. The zero-order valence-electron chi connectivity index (χ0n) is 14.1. The Bertz CT molecular complexity index is 786. The summed E-state index contributed by atoms with van der Waals surface area (Å²) in [4.78, 5) is 17.3. The third-order valence-electron chi connectivity index (χ3n) is 4.80. The SMILES string of the molecule is O=C(C1=NCC(C(F)(F)F)=C1)N1CCC(c2ccccc2C(F)(F)F)CC1. The van der Waals surface area contributed by atoms with E-state index in [1.807, 2.05) is 0 Å². The lowest BCUT2D eigenvalue weighted by Crippen LogP contribution is -2.41. The zero-order valence-corrected chi connectivity index (χ0v) is 14.1. The summed E-state index contributed by atoms with van der Waals surface area (Å²) in [6, 6.07) is 5.33. The van der Waals surface area contributed by atoms with Crippen LogP contribution in [0, 0.1) is 0 Å². The molecule has 146 valence electrons. The molecule has 2 heterocycles. The van der Waals surface area contributed by atoms with Crippen LogP contribution in [0.15, 0.2) is 40.9 Å². The molecule has 0 aromatic heterocycles. The number of nitrogens with zero attached hydrogens (tertiary/aromatic N) is 2. The number of halogens is 6. The molecular weight excluding hydrogens is 374 g/mol. The van der Waals surface area contributed by atoms with Crippen molar-refractivity contribution in [3.8, 4) is 0 Å². The third-order valence-corrected chi connectivity index (χ3v) is 4.80. The fraction of sp³-hybridized carbons (Fsp3) is 0.444. The van der Waals surface area contributed by atoms with E-state index in [9.17, 15) is 31.1 Å². The van der Waals surface area contributed by atoms with Crippen molar-refractivity contribution in [3.05, 3.63) is 47.0 Å². The van der Waals surface area contributed by atoms with Gasteiger partial charge in [0.05, 0.1) is 17.7 Å². The first-order valence-electron chi connectivity index (χ1n) is 8.35.